The molecule has 0 atom stereocenters. The monoisotopic (exact) mass is 432 g/mol. The lowest BCUT2D eigenvalue weighted by Crippen LogP contribution is -2.31. The summed E-state index contributed by atoms with van der Waals surface area (Å²) in [6.45, 7) is 2.59. The van der Waals surface area contributed by atoms with Crippen LogP contribution in [0.25, 0.3) is 6.08 Å². The molecule has 2 amide bonds. The highest BCUT2D eigenvalue weighted by atomic mass is 32.1. The molecule has 4 rings (SSSR count). The fourth-order valence-electron chi connectivity index (χ4n) is 3.40. The number of hydrogen-bond acceptors (Lipinski definition) is 5. The van der Waals surface area contributed by atoms with Gasteiger partial charge in [-0.15, -0.1) is 11.3 Å². The quantitative estimate of drug-likeness (QED) is 0.561. The second-order valence-corrected chi connectivity index (χ2v) is 8.43. The maximum Gasteiger partial charge on any atom is 0.245 e. The first-order valence-corrected chi connectivity index (χ1v) is 11.0. The number of thiazole rings is 1. The molecule has 0 radical (unpaired) electrons. The lowest BCUT2D eigenvalue weighted by molar-refractivity contribution is -0.121. The average Bonchev–Trinajstić information content (AvgIpc) is 3.19. The van der Waals surface area contributed by atoms with Gasteiger partial charge in [0, 0.05) is 37.0 Å². The Balaban J connectivity index is 1.25. The zero-order valence-electron chi connectivity index (χ0n) is 17.1. The number of aromatic nitrogens is 1. The SMILES string of the molecule is O=C(C=Cc1ccccc1)NCC(=O)Nc1nc2c(s1)CN(Cc1ccccc1)CC2. The van der Waals surface area contributed by atoms with Gasteiger partial charge in [0.2, 0.25) is 11.8 Å². The summed E-state index contributed by atoms with van der Waals surface area (Å²) in [6.07, 6.45) is 4.00. The van der Waals surface area contributed by atoms with Crippen LogP contribution in [0.5, 0.6) is 0 Å². The summed E-state index contributed by atoms with van der Waals surface area (Å²) in [5.74, 6) is -0.595. The molecule has 0 saturated carbocycles. The van der Waals surface area contributed by atoms with Gasteiger partial charge < -0.3 is 10.6 Å². The van der Waals surface area contributed by atoms with Gasteiger partial charge in [-0.3, -0.25) is 14.5 Å². The molecule has 0 aliphatic carbocycles. The molecule has 1 aromatic heterocycles. The number of nitrogens with zero attached hydrogens (tertiary/aromatic N) is 2. The van der Waals surface area contributed by atoms with Crippen molar-refractivity contribution >= 4 is 34.4 Å². The van der Waals surface area contributed by atoms with Crippen LogP contribution >= 0.6 is 11.3 Å². The predicted octanol–water partition coefficient (Wildman–Crippen LogP) is 3.47. The third kappa shape index (κ3) is 6.10. The summed E-state index contributed by atoms with van der Waals surface area (Å²) < 4.78 is 0. The summed E-state index contributed by atoms with van der Waals surface area (Å²) in [7, 11) is 0. The van der Waals surface area contributed by atoms with Crippen LogP contribution in [0.1, 0.15) is 21.7 Å². The number of hydrogen-bond donors (Lipinski definition) is 2. The molecule has 0 fully saturated rings. The molecule has 0 bridgehead atoms. The van der Waals surface area contributed by atoms with Gasteiger partial charge in [0.25, 0.3) is 0 Å². The predicted molar refractivity (Wildman–Crippen MR) is 123 cm³/mol. The molecule has 31 heavy (non-hydrogen) atoms. The van der Waals surface area contributed by atoms with Crippen molar-refractivity contribution < 1.29 is 9.59 Å². The first-order valence-electron chi connectivity index (χ1n) is 10.2. The number of benzene rings is 2. The average molecular weight is 433 g/mol. The van der Waals surface area contributed by atoms with E-state index in [1.807, 2.05) is 36.4 Å². The van der Waals surface area contributed by atoms with Crippen molar-refractivity contribution in [1.82, 2.24) is 15.2 Å². The van der Waals surface area contributed by atoms with Crippen LogP contribution in [0.2, 0.25) is 0 Å². The lowest BCUT2D eigenvalue weighted by atomic mass is 10.1. The van der Waals surface area contributed by atoms with E-state index in [4.69, 9.17) is 0 Å². The number of nitrogens with one attached hydrogen (secondary N) is 2. The van der Waals surface area contributed by atoms with Crippen molar-refractivity contribution in [1.29, 1.82) is 0 Å². The fraction of sp³-hybridized carbons (Fsp3) is 0.208. The molecule has 2 aromatic carbocycles. The third-order valence-electron chi connectivity index (χ3n) is 4.96. The Morgan fingerprint density at radius 3 is 2.58 bits per heavy atom. The van der Waals surface area contributed by atoms with Gasteiger partial charge >= 0.3 is 0 Å². The Morgan fingerprint density at radius 1 is 1.06 bits per heavy atom. The van der Waals surface area contributed by atoms with Crippen LogP contribution in [0.4, 0.5) is 5.13 Å². The summed E-state index contributed by atoms with van der Waals surface area (Å²) in [4.78, 5) is 32.3. The van der Waals surface area contributed by atoms with E-state index in [2.05, 4.69) is 44.8 Å². The topological polar surface area (TPSA) is 74.3 Å². The fourth-order valence-corrected chi connectivity index (χ4v) is 4.47. The minimum Gasteiger partial charge on any atom is -0.343 e. The molecular weight excluding hydrogens is 408 g/mol. The number of rotatable bonds is 7. The minimum atomic E-state index is -0.311. The molecule has 6 nitrogen and oxygen atoms in total. The van der Waals surface area contributed by atoms with E-state index in [1.165, 1.54) is 27.9 Å². The van der Waals surface area contributed by atoms with E-state index in [-0.39, 0.29) is 18.4 Å². The van der Waals surface area contributed by atoms with Crippen molar-refractivity contribution in [2.24, 2.45) is 0 Å². The van der Waals surface area contributed by atoms with Gasteiger partial charge in [0.15, 0.2) is 5.13 Å². The second-order valence-electron chi connectivity index (χ2n) is 7.35. The Morgan fingerprint density at radius 2 is 1.81 bits per heavy atom. The van der Waals surface area contributed by atoms with E-state index in [0.29, 0.717) is 5.13 Å². The van der Waals surface area contributed by atoms with E-state index in [1.54, 1.807) is 6.08 Å². The highest BCUT2D eigenvalue weighted by molar-refractivity contribution is 7.15. The molecule has 1 aliphatic rings. The largest absolute Gasteiger partial charge is 0.343 e. The first-order chi connectivity index (χ1) is 15.2. The van der Waals surface area contributed by atoms with Crippen LogP contribution in [-0.4, -0.2) is 34.8 Å². The van der Waals surface area contributed by atoms with Gasteiger partial charge in [-0.1, -0.05) is 60.7 Å². The normalized spacial score (nSPS) is 13.7. The molecule has 2 heterocycles. The van der Waals surface area contributed by atoms with Crippen molar-refractivity contribution in [2.75, 3.05) is 18.4 Å². The van der Waals surface area contributed by atoms with Gasteiger partial charge in [-0.05, 0) is 17.2 Å². The molecule has 7 heteroatoms. The maximum atomic E-state index is 12.2. The third-order valence-corrected chi connectivity index (χ3v) is 5.95. The summed E-state index contributed by atoms with van der Waals surface area (Å²) >= 11 is 1.51. The van der Waals surface area contributed by atoms with Crippen molar-refractivity contribution in [2.45, 2.75) is 19.5 Å². The van der Waals surface area contributed by atoms with E-state index < -0.39 is 0 Å². The van der Waals surface area contributed by atoms with Crippen LogP contribution in [0.3, 0.4) is 0 Å². The van der Waals surface area contributed by atoms with Gasteiger partial charge in [0.1, 0.15) is 0 Å². The summed E-state index contributed by atoms with van der Waals surface area (Å²) in [5.41, 5.74) is 3.28. The molecule has 1 aliphatic heterocycles. The van der Waals surface area contributed by atoms with Crippen molar-refractivity contribution in [3.8, 4) is 0 Å². The lowest BCUT2D eigenvalue weighted by Gasteiger charge is -2.25. The number of amides is 2. The van der Waals surface area contributed by atoms with E-state index in [0.717, 1.165) is 37.3 Å². The summed E-state index contributed by atoms with van der Waals surface area (Å²) in [5, 5.41) is 5.99. The standard InChI is InChI=1S/C24H24N4O2S/c29-22(12-11-18-7-3-1-4-8-18)25-15-23(30)27-24-26-20-13-14-28(17-21(20)31-24)16-19-9-5-2-6-10-19/h1-12H,13-17H2,(H,25,29)(H,26,27,30). The maximum absolute atomic E-state index is 12.2. The van der Waals surface area contributed by atoms with Gasteiger partial charge in [-0.2, -0.15) is 0 Å². The smallest absolute Gasteiger partial charge is 0.245 e. The first kappa shape index (κ1) is 21.0. The molecule has 158 valence electrons. The number of carbonyl (C=O) groups excluding carboxylic acids is 2. The second kappa shape index (κ2) is 10.1. The number of carbonyl (C=O) groups is 2. The highest BCUT2D eigenvalue weighted by Crippen LogP contribution is 2.28. The minimum absolute atomic E-state index is 0.0949. The van der Waals surface area contributed by atoms with Crippen molar-refractivity contribution in [3.05, 3.63) is 88.4 Å². The van der Waals surface area contributed by atoms with Gasteiger partial charge in [0.05, 0.1) is 12.2 Å². The number of anilines is 1. The number of fused-ring (bicyclic) bond motifs is 1. The van der Waals surface area contributed by atoms with Crippen LogP contribution in [-0.2, 0) is 29.1 Å². The van der Waals surface area contributed by atoms with Crippen molar-refractivity contribution in [3.63, 3.8) is 0 Å². The Bertz CT molecular complexity index is 1060. The van der Waals surface area contributed by atoms with Crippen LogP contribution in [0, 0.1) is 0 Å². The zero-order chi connectivity index (χ0) is 21.5. The van der Waals surface area contributed by atoms with Crippen LogP contribution in [0.15, 0.2) is 66.7 Å². The molecule has 0 spiro atoms. The molecule has 0 unspecified atom stereocenters. The van der Waals surface area contributed by atoms with Crippen LogP contribution < -0.4 is 10.6 Å². The Hall–Kier alpha value is -3.29. The highest BCUT2D eigenvalue weighted by Gasteiger charge is 2.21. The van der Waals surface area contributed by atoms with Gasteiger partial charge in [-0.25, -0.2) is 4.98 Å². The molecule has 2 N–H and O–H groups in total. The molecular formula is C24H24N4O2S. The Kier molecular flexibility index (Phi) is 6.86. The summed E-state index contributed by atoms with van der Waals surface area (Å²) in [6, 6.07) is 19.9. The molecule has 0 saturated heterocycles. The van der Waals surface area contributed by atoms with E-state index in [9.17, 15) is 9.59 Å². The zero-order valence-corrected chi connectivity index (χ0v) is 17.9. The van der Waals surface area contributed by atoms with E-state index >= 15 is 0 Å². The molecule has 3 aromatic rings. The Labute approximate surface area is 185 Å².